The summed E-state index contributed by atoms with van der Waals surface area (Å²) >= 11 is 1.18. The lowest BCUT2D eigenvalue weighted by atomic mass is 10.0. The van der Waals surface area contributed by atoms with E-state index in [1.807, 2.05) is 20.8 Å². The Morgan fingerprint density at radius 3 is 2.30 bits per heavy atom. The fraction of sp³-hybridized carbons (Fsp3) is 0.818. The predicted octanol–water partition coefficient (Wildman–Crippen LogP) is 8.47. The van der Waals surface area contributed by atoms with Crippen LogP contribution in [0.5, 0.6) is 5.88 Å². The van der Waals surface area contributed by atoms with E-state index in [-0.39, 0.29) is 12.2 Å². The minimum atomic E-state index is -0.581. The second kappa shape index (κ2) is 20.0. The van der Waals surface area contributed by atoms with E-state index in [9.17, 15) is 9.59 Å². The van der Waals surface area contributed by atoms with E-state index in [0.29, 0.717) is 36.5 Å². The van der Waals surface area contributed by atoms with Gasteiger partial charge in [0.25, 0.3) is 5.88 Å². The summed E-state index contributed by atoms with van der Waals surface area (Å²) in [6, 6.07) is 0. The quantitative estimate of drug-likeness (QED) is 0.0763. The summed E-state index contributed by atoms with van der Waals surface area (Å²) in [4.78, 5) is 24.4. The van der Waals surface area contributed by atoms with Gasteiger partial charge in [-0.05, 0) is 46.5 Å². The molecule has 2 rings (SSSR count). The molecule has 43 heavy (non-hydrogen) atoms. The van der Waals surface area contributed by atoms with Crippen LogP contribution in [-0.2, 0) is 19.0 Å². The molecule has 0 saturated heterocycles. The average Bonchev–Trinajstić information content (AvgIpc) is 3.41. The number of ether oxygens (including phenoxy) is 4. The lowest BCUT2D eigenvalue weighted by Gasteiger charge is -2.42. The van der Waals surface area contributed by atoms with Crippen LogP contribution in [0.3, 0.4) is 0 Å². The zero-order valence-electron chi connectivity index (χ0n) is 27.8. The Labute approximate surface area is 264 Å². The van der Waals surface area contributed by atoms with Gasteiger partial charge in [-0.2, -0.15) is 4.37 Å². The van der Waals surface area contributed by atoms with Crippen molar-refractivity contribution in [1.29, 1.82) is 0 Å². The van der Waals surface area contributed by atoms with Crippen LogP contribution >= 0.6 is 11.7 Å². The highest BCUT2D eigenvalue weighted by Gasteiger charge is 2.39. The maximum absolute atomic E-state index is 12.7. The first-order chi connectivity index (χ1) is 20.6. The number of carbonyl (C=O) groups is 2. The van der Waals surface area contributed by atoms with Gasteiger partial charge in [-0.15, -0.1) is 4.37 Å². The number of likely N-dealkylation sites (N-methyl/N-ethyl adjacent to an activating group) is 1. The number of carbonyl (C=O) groups excluding carboxylic acids is 2. The van der Waals surface area contributed by atoms with E-state index in [1.54, 1.807) is 0 Å². The number of rotatable bonds is 21. The molecule has 0 fully saturated rings. The van der Waals surface area contributed by atoms with E-state index in [2.05, 4.69) is 35.7 Å². The van der Waals surface area contributed by atoms with E-state index in [0.717, 1.165) is 94.9 Å². The van der Waals surface area contributed by atoms with Gasteiger partial charge in [0, 0.05) is 24.8 Å². The molecule has 2 heterocycles. The van der Waals surface area contributed by atoms with Crippen molar-refractivity contribution < 1.29 is 33.0 Å². The average molecular weight is 625 g/mol. The van der Waals surface area contributed by atoms with Crippen LogP contribution in [0.1, 0.15) is 137 Å². The number of esters is 1. The van der Waals surface area contributed by atoms with Crippen LogP contribution in [0.4, 0.5) is 4.79 Å². The molecule has 1 aliphatic heterocycles. The first-order valence-electron chi connectivity index (χ1n) is 16.6. The fourth-order valence-corrected chi connectivity index (χ4v) is 5.88. The molecule has 2 atom stereocenters. The van der Waals surface area contributed by atoms with Crippen molar-refractivity contribution >= 4 is 29.4 Å². The SMILES string of the molecule is CCCCCCOc1nsnc1C1=CCC[N+](C)(C(CCC)OC(=O)OCCCCCCCCCC(=O)OC(C)(C)C)C1. The molecular weight excluding hydrogens is 566 g/mol. The summed E-state index contributed by atoms with van der Waals surface area (Å²) in [6.45, 7) is 12.6. The van der Waals surface area contributed by atoms with Crippen LogP contribution < -0.4 is 4.74 Å². The van der Waals surface area contributed by atoms with E-state index in [1.165, 1.54) is 24.6 Å². The lowest BCUT2D eigenvalue weighted by molar-refractivity contribution is -0.947. The summed E-state index contributed by atoms with van der Waals surface area (Å²) in [5, 5.41) is 0. The largest absolute Gasteiger partial charge is 0.512 e. The molecule has 1 aliphatic rings. The summed E-state index contributed by atoms with van der Waals surface area (Å²) in [5.74, 6) is 0.504. The fourth-order valence-electron chi connectivity index (χ4n) is 5.35. The molecule has 2 unspecified atom stereocenters. The number of quaternary nitrogens is 1. The van der Waals surface area contributed by atoms with Gasteiger partial charge in [-0.3, -0.25) is 9.28 Å². The Morgan fingerprint density at radius 1 is 0.930 bits per heavy atom. The van der Waals surface area contributed by atoms with E-state index >= 15 is 0 Å². The van der Waals surface area contributed by atoms with Gasteiger partial charge in [-0.1, -0.05) is 71.3 Å². The molecule has 0 aromatic carbocycles. The zero-order valence-corrected chi connectivity index (χ0v) is 28.6. The Kier molecular flexibility index (Phi) is 17.2. The van der Waals surface area contributed by atoms with Gasteiger partial charge in [0.1, 0.15) is 17.8 Å². The Balaban J connectivity index is 1.70. The molecule has 0 aliphatic carbocycles. The minimum Gasteiger partial charge on any atom is -0.475 e. The maximum atomic E-state index is 12.7. The van der Waals surface area contributed by atoms with E-state index in [4.69, 9.17) is 18.9 Å². The Morgan fingerprint density at radius 2 is 1.60 bits per heavy atom. The molecule has 0 bridgehead atoms. The topological polar surface area (TPSA) is 96.8 Å². The third kappa shape index (κ3) is 14.9. The zero-order chi connectivity index (χ0) is 31.6. The minimum absolute atomic E-state index is 0.116. The number of hydrogen-bond acceptors (Lipinski definition) is 9. The molecule has 246 valence electrons. The molecular formula is C33H58N3O6S+. The highest BCUT2D eigenvalue weighted by molar-refractivity contribution is 6.99. The molecule has 0 spiro atoms. The second-order valence-electron chi connectivity index (χ2n) is 13.0. The smallest absolute Gasteiger partial charge is 0.475 e. The van der Waals surface area contributed by atoms with Crippen molar-refractivity contribution in [1.82, 2.24) is 8.75 Å². The maximum Gasteiger partial charge on any atom is 0.512 e. The standard InChI is InChI=1S/C33H58N3O6S/c1-7-9-10-17-24-39-31-30(34-43-35-31)27-21-19-23-36(6,26-27)28(20-8-2)41-32(38)40-25-18-15-13-11-12-14-16-22-29(37)42-33(3,4)5/h21,28H,7-20,22-26H2,1-6H3/q+1. The monoisotopic (exact) mass is 624 g/mol. The molecule has 10 heteroatoms. The van der Waals surface area contributed by atoms with E-state index < -0.39 is 11.8 Å². The number of unbranched alkanes of at least 4 members (excludes halogenated alkanes) is 9. The number of hydrogen-bond donors (Lipinski definition) is 0. The predicted molar refractivity (Wildman–Crippen MR) is 172 cm³/mol. The van der Waals surface area contributed by atoms with Crippen molar-refractivity contribution in [2.75, 3.05) is 33.4 Å². The van der Waals surface area contributed by atoms with Crippen LogP contribution in [0.2, 0.25) is 0 Å². The van der Waals surface area contributed by atoms with Crippen molar-refractivity contribution in [3.63, 3.8) is 0 Å². The summed E-state index contributed by atoms with van der Waals surface area (Å²) in [6.07, 6.45) is 16.0. The highest BCUT2D eigenvalue weighted by atomic mass is 32.1. The third-order valence-electron chi connectivity index (χ3n) is 7.69. The molecule has 0 amide bonds. The first-order valence-corrected chi connectivity index (χ1v) is 17.3. The van der Waals surface area contributed by atoms with Gasteiger partial charge >= 0.3 is 12.1 Å². The number of aromatic nitrogens is 2. The highest BCUT2D eigenvalue weighted by Crippen LogP contribution is 2.33. The summed E-state index contributed by atoms with van der Waals surface area (Å²) in [5.41, 5.74) is 1.52. The lowest BCUT2D eigenvalue weighted by Crippen LogP contribution is -2.56. The van der Waals surface area contributed by atoms with Crippen LogP contribution in [-0.4, -0.2) is 70.5 Å². The molecule has 1 aromatic heterocycles. The molecule has 0 saturated carbocycles. The van der Waals surface area contributed by atoms with Gasteiger partial charge in [-0.25, -0.2) is 4.79 Å². The summed E-state index contributed by atoms with van der Waals surface area (Å²) < 4.78 is 32.3. The van der Waals surface area contributed by atoms with Crippen molar-refractivity contribution in [3.8, 4) is 5.88 Å². The van der Waals surface area contributed by atoms with Crippen molar-refractivity contribution in [3.05, 3.63) is 11.8 Å². The van der Waals surface area contributed by atoms with Crippen LogP contribution in [0.25, 0.3) is 5.57 Å². The van der Waals surface area contributed by atoms with Crippen LogP contribution in [0, 0.1) is 0 Å². The Hall–Kier alpha value is -2.20. The second-order valence-corrected chi connectivity index (χ2v) is 13.5. The van der Waals surface area contributed by atoms with Gasteiger partial charge in [0.05, 0.1) is 38.5 Å². The number of nitrogens with zero attached hydrogens (tertiary/aromatic N) is 3. The normalized spacial score (nSPS) is 17.7. The molecule has 0 N–H and O–H groups in total. The van der Waals surface area contributed by atoms with Crippen molar-refractivity contribution in [2.24, 2.45) is 0 Å². The van der Waals surface area contributed by atoms with Gasteiger partial charge < -0.3 is 18.9 Å². The molecule has 9 nitrogen and oxygen atoms in total. The third-order valence-corrected chi connectivity index (χ3v) is 8.20. The van der Waals surface area contributed by atoms with Crippen LogP contribution in [0.15, 0.2) is 6.08 Å². The Bertz CT molecular complexity index is 976. The molecule has 0 radical (unpaired) electrons. The van der Waals surface area contributed by atoms with Gasteiger partial charge in [0.2, 0.25) is 6.23 Å². The summed E-state index contributed by atoms with van der Waals surface area (Å²) in [7, 11) is 2.15. The first kappa shape index (κ1) is 37.0. The van der Waals surface area contributed by atoms with Crippen molar-refractivity contribution in [2.45, 2.75) is 143 Å². The molecule has 1 aromatic rings. The van der Waals surface area contributed by atoms with Gasteiger partial charge in [0.15, 0.2) is 0 Å².